The van der Waals surface area contributed by atoms with Gasteiger partial charge < -0.3 is 4.74 Å². The predicted octanol–water partition coefficient (Wildman–Crippen LogP) is 1.21. The molecule has 0 bridgehead atoms. The maximum absolute atomic E-state index is 12.4. The van der Waals surface area contributed by atoms with Gasteiger partial charge in [-0.05, 0) is 37.6 Å². The van der Waals surface area contributed by atoms with E-state index in [0.29, 0.717) is 5.75 Å². The van der Waals surface area contributed by atoms with Gasteiger partial charge in [0.05, 0.1) is 11.1 Å². The molecule has 0 saturated heterocycles. The first-order valence-corrected chi connectivity index (χ1v) is 8.64. The summed E-state index contributed by atoms with van der Waals surface area (Å²) in [6, 6.07) is 12.5. The second kappa shape index (κ2) is 7.91. The molecule has 1 atom stereocenters. The van der Waals surface area contributed by atoms with Crippen molar-refractivity contribution in [3.05, 3.63) is 65.2 Å². The van der Waals surface area contributed by atoms with Crippen molar-refractivity contribution >= 4 is 23.6 Å². The van der Waals surface area contributed by atoms with Crippen LogP contribution in [0, 0.1) is 6.92 Å². The summed E-state index contributed by atoms with van der Waals surface area (Å²) in [5.74, 6) is -1.80. The van der Waals surface area contributed by atoms with Gasteiger partial charge in [0.15, 0.2) is 6.61 Å². The van der Waals surface area contributed by atoms with E-state index >= 15 is 0 Å². The van der Waals surface area contributed by atoms with E-state index in [1.807, 2.05) is 19.1 Å². The fourth-order valence-corrected chi connectivity index (χ4v) is 2.81. The average Bonchev–Trinajstić information content (AvgIpc) is 2.95. The summed E-state index contributed by atoms with van der Waals surface area (Å²) in [4.78, 5) is 49.8. The Labute approximate surface area is 161 Å². The molecule has 2 aromatic carbocycles. The molecular formula is C20H19N3O5. The first-order chi connectivity index (χ1) is 13.4. The highest BCUT2D eigenvalue weighted by Gasteiger charge is 2.40. The molecule has 144 valence electrons. The number of fused-ring (bicyclic) bond motifs is 1. The van der Waals surface area contributed by atoms with Gasteiger partial charge in [-0.25, -0.2) is 0 Å². The summed E-state index contributed by atoms with van der Waals surface area (Å²) in [5, 5.41) is 0. The first kappa shape index (κ1) is 19.1. The summed E-state index contributed by atoms with van der Waals surface area (Å²) in [6.07, 6.45) is 0. The van der Waals surface area contributed by atoms with E-state index in [1.165, 1.54) is 19.1 Å². The minimum absolute atomic E-state index is 0.253. The summed E-state index contributed by atoms with van der Waals surface area (Å²) in [5.41, 5.74) is 5.81. The number of hydrogen-bond acceptors (Lipinski definition) is 5. The Morgan fingerprint density at radius 3 is 2.14 bits per heavy atom. The molecule has 1 aliphatic heterocycles. The third-order valence-electron chi connectivity index (χ3n) is 4.37. The number of carbonyl (C=O) groups is 4. The second-order valence-corrected chi connectivity index (χ2v) is 6.29. The Bertz CT molecular complexity index is 921. The molecule has 3 rings (SSSR count). The van der Waals surface area contributed by atoms with Crippen LogP contribution in [0.1, 0.15) is 33.2 Å². The summed E-state index contributed by atoms with van der Waals surface area (Å²) < 4.78 is 5.39. The molecule has 8 nitrogen and oxygen atoms in total. The molecule has 28 heavy (non-hydrogen) atoms. The van der Waals surface area contributed by atoms with Crippen LogP contribution >= 0.6 is 0 Å². The van der Waals surface area contributed by atoms with Crippen LogP contribution in [0.4, 0.5) is 0 Å². The number of carbonyl (C=O) groups excluding carboxylic acids is 4. The second-order valence-electron chi connectivity index (χ2n) is 6.29. The van der Waals surface area contributed by atoms with Gasteiger partial charge in [-0.15, -0.1) is 0 Å². The van der Waals surface area contributed by atoms with E-state index < -0.39 is 29.7 Å². The smallest absolute Gasteiger partial charge is 0.276 e. The van der Waals surface area contributed by atoms with Crippen LogP contribution in [-0.2, 0) is 9.59 Å². The Kier molecular flexibility index (Phi) is 5.39. The zero-order chi connectivity index (χ0) is 20.3. The van der Waals surface area contributed by atoms with Gasteiger partial charge in [0, 0.05) is 0 Å². The van der Waals surface area contributed by atoms with Gasteiger partial charge in [-0.2, -0.15) is 0 Å². The molecule has 0 saturated carbocycles. The van der Waals surface area contributed by atoms with Gasteiger partial charge >= 0.3 is 0 Å². The van der Waals surface area contributed by atoms with Gasteiger partial charge in [0.1, 0.15) is 11.8 Å². The number of imide groups is 1. The Morgan fingerprint density at radius 1 is 0.964 bits per heavy atom. The van der Waals surface area contributed by atoms with Crippen LogP contribution in [0.3, 0.4) is 0 Å². The molecule has 8 heteroatoms. The van der Waals surface area contributed by atoms with E-state index in [0.717, 1.165) is 10.5 Å². The summed E-state index contributed by atoms with van der Waals surface area (Å²) in [7, 11) is 0. The number of para-hydroxylation sites is 1. The van der Waals surface area contributed by atoms with Crippen molar-refractivity contribution in [1.82, 2.24) is 15.8 Å². The molecule has 4 amide bonds. The van der Waals surface area contributed by atoms with Crippen LogP contribution in [-0.4, -0.2) is 41.2 Å². The number of hydrazine groups is 1. The lowest BCUT2D eigenvalue weighted by atomic mass is 10.1. The average molecular weight is 381 g/mol. The van der Waals surface area contributed by atoms with Crippen molar-refractivity contribution in [2.75, 3.05) is 6.61 Å². The van der Waals surface area contributed by atoms with Gasteiger partial charge in [0.25, 0.3) is 23.6 Å². The van der Waals surface area contributed by atoms with E-state index in [1.54, 1.807) is 24.3 Å². The summed E-state index contributed by atoms with van der Waals surface area (Å²) >= 11 is 0. The Hall–Kier alpha value is -3.68. The first-order valence-electron chi connectivity index (χ1n) is 8.64. The maximum Gasteiger partial charge on any atom is 0.276 e. The van der Waals surface area contributed by atoms with Crippen LogP contribution in [0.25, 0.3) is 0 Å². The Balaban J connectivity index is 1.54. The highest BCUT2D eigenvalue weighted by molar-refractivity contribution is 6.22. The molecule has 0 fully saturated rings. The minimum atomic E-state index is -1.09. The lowest BCUT2D eigenvalue weighted by Gasteiger charge is -2.21. The molecule has 2 N–H and O–H groups in total. The lowest BCUT2D eigenvalue weighted by molar-refractivity contribution is -0.131. The van der Waals surface area contributed by atoms with E-state index in [-0.39, 0.29) is 17.7 Å². The van der Waals surface area contributed by atoms with Crippen LogP contribution in [0.2, 0.25) is 0 Å². The molecule has 2 aromatic rings. The number of nitrogens with one attached hydrogen (secondary N) is 2. The summed E-state index contributed by atoms with van der Waals surface area (Å²) in [6.45, 7) is 2.96. The van der Waals surface area contributed by atoms with Crippen LogP contribution < -0.4 is 15.6 Å². The van der Waals surface area contributed by atoms with E-state index in [9.17, 15) is 19.2 Å². The van der Waals surface area contributed by atoms with Crippen molar-refractivity contribution in [3.63, 3.8) is 0 Å². The van der Waals surface area contributed by atoms with Crippen LogP contribution in [0.15, 0.2) is 48.5 Å². The fraction of sp³-hybridized carbons (Fsp3) is 0.200. The number of amides is 4. The monoisotopic (exact) mass is 381 g/mol. The van der Waals surface area contributed by atoms with Crippen molar-refractivity contribution in [3.8, 4) is 5.75 Å². The van der Waals surface area contributed by atoms with Gasteiger partial charge in [-0.3, -0.25) is 34.9 Å². The Morgan fingerprint density at radius 2 is 1.54 bits per heavy atom. The SMILES string of the molecule is Cc1ccccc1OCC(=O)NNC(=O)[C@@H](C)N1C(=O)c2ccccc2C1=O. The van der Waals surface area contributed by atoms with Gasteiger partial charge in [0.2, 0.25) is 0 Å². The van der Waals surface area contributed by atoms with Gasteiger partial charge in [-0.1, -0.05) is 30.3 Å². The third kappa shape index (κ3) is 3.71. The van der Waals surface area contributed by atoms with Crippen molar-refractivity contribution in [2.24, 2.45) is 0 Å². The molecule has 0 spiro atoms. The highest BCUT2D eigenvalue weighted by Crippen LogP contribution is 2.24. The van der Waals surface area contributed by atoms with E-state index in [2.05, 4.69) is 10.9 Å². The quantitative estimate of drug-likeness (QED) is 0.598. The van der Waals surface area contributed by atoms with Crippen molar-refractivity contribution in [2.45, 2.75) is 19.9 Å². The zero-order valence-electron chi connectivity index (χ0n) is 15.4. The predicted molar refractivity (Wildman–Crippen MR) is 99.4 cm³/mol. The maximum atomic E-state index is 12.4. The van der Waals surface area contributed by atoms with Crippen LogP contribution in [0.5, 0.6) is 5.75 Å². The van der Waals surface area contributed by atoms with E-state index in [4.69, 9.17) is 4.74 Å². The zero-order valence-corrected chi connectivity index (χ0v) is 15.4. The number of hydrogen-bond donors (Lipinski definition) is 2. The molecule has 0 aromatic heterocycles. The molecule has 1 aliphatic rings. The van der Waals surface area contributed by atoms with Crippen molar-refractivity contribution in [1.29, 1.82) is 0 Å². The topological polar surface area (TPSA) is 105 Å². The number of aryl methyl sites for hydroxylation is 1. The number of ether oxygens (including phenoxy) is 1. The number of rotatable bonds is 5. The molecular weight excluding hydrogens is 362 g/mol. The molecule has 0 radical (unpaired) electrons. The molecule has 0 aliphatic carbocycles. The fourth-order valence-electron chi connectivity index (χ4n) is 2.81. The minimum Gasteiger partial charge on any atom is -0.483 e. The standard InChI is InChI=1S/C20H19N3O5/c1-12-7-3-6-10-16(12)28-11-17(24)21-22-18(25)13(2)23-19(26)14-8-4-5-9-15(14)20(23)27/h3-10,13H,11H2,1-2H3,(H,21,24)(H,22,25)/t13-/m1/s1. The highest BCUT2D eigenvalue weighted by atomic mass is 16.5. The third-order valence-corrected chi connectivity index (χ3v) is 4.37. The molecule has 0 unspecified atom stereocenters. The largest absolute Gasteiger partial charge is 0.483 e. The number of benzene rings is 2. The normalized spacial score (nSPS) is 13.7. The number of nitrogens with zero attached hydrogens (tertiary/aromatic N) is 1. The lowest BCUT2D eigenvalue weighted by Crippen LogP contribution is -2.53. The van der Waals surface area contributed by atoms with Crippen molar-refractivity contribution < 1.29 is 23.9 Å². The molecule has 1 heterocycles.